The highest BCUT2D eigenvalue weighted by molar-refractivity contribution is 5.24. The number of nitro groups is 1. The quantitative estimate of drug-likeness (QED) is 0.645. The number of benzene rings is 1. The van der Waals surface area contributed by atoms with Gasteiger partial charge in [0.2, 0.25) is 0 Å². The topological polar surface area (TPSA) is 68.3 Å². The molecule has 0 saturated heterocycles. The summed E-state index contributed by atoms with van der Waals surface area (Å²) >= 11 is 0. The van der Waals surface area contributed by atoms with Gasteiger partial charge < -0.3 is 9.73 Å². The lowest BCUT2D eigenvalue weighted by Crippen LogP contribution is -2.12. The summed E-state index contributed by atoms with van der Waals surface area (Å²) in [5, 5.41) is 13.7. The highest BCUT2D eigenvalue weighted by Gasteiger charge is 2.11. The maximum absolute atomic E-state index is 10.5. The molecule has 2 rings (SSSR count). The fourth-order valence-electron chi connectivity index (χ4n) is 1.91. The summed E-state index contributed by atoms with van der Waals surface area (Å²) in [6.45, 7) is 5.50. The minimum Gasteiger partial charge on any atom is -0.404 e. The van der Waals surface area contributed by atoms with Crippen LogP contribution in [-0.4, -0.2) is 4.92 Å². The zero-order chi connectivity index (χ0) is 14.5. The summed E-state index contributed by atoms with van der Waals surface area (Å²) in [5.41, 5.74) is 2.49. The Morgan fingerprint density at radius 1 is 1.15 bits per heavy atom. The van der Waals surface area contributed by atoms with Crippen LogP contribution in [0.15, 0.2) is 40.8 Å². The van der Waals surface area contributed by atoms with Crippen molar-refractivity contribution in [3.8, 4) is 0 Å². The first-order valence-corrected chi connectivity index (χ1v) is 6.59. The van der Waals surface area contributed by atoms with Crippen molar-refractivity contribution in [2.75, 3.05) is 0 Å². The predicted octanol–water partition coefficient (Wildman–Crippen LogP) is 3.60. The molecule has 1 N–H and O–H groups in total. The van der Waals surface area contributed by atoms with Crippen molar-refractivity contribution in [1.29, 1.82) is 0 Å². The third kappa shape index (κ3) is 3.68. The van der Waals surface area contributed by atoms with Crippen LogP contribution >= 0.6 is 0 Å². The molecule has 1 heterocycles. The summed E-state index contributed by atoms with van der Waals surface area (Å²) in [6.07, 6.45) is 0. The molecule has 2 aromatic rings. The van der Waals surface area contributed by atoms with E-state index in [4.69, 9.17) is 4.42 Å². The van der Waals surface area contributed by atoms with E-state index in [-0.39, 0.29) is 5.88 Å². The molecule has 0 radical (unpaired) electrons. The van der Waals surface area contributed by atoms with E-state index in [1.807, 2.05) is 0 Å². The Hall–Kier alpha value is -2.14. The first-order valence-electron chi connectivity index (χ1n) is 6.59. The molecule has 0 aliphatic heterocycles. The molecule has 0 saturated carbocycles. The van der Waals surface area contributed by atoms with Crippen molar-refractivity contribution in [2.24, 2.45) is 0 Å². The maximum Gasteiger partial charge on any atom is 0.433 e. The lowest BCUT2D eigenvalue weighted by atomic mass is 10.0. The Labute approximate surface area is 117 Å². The molecule has 5 heteroatoms. The SMILES string of the molecule is CC(C)c1ccc(CNCc2ccc([N+](=O)[O-])o2)cc1. The van der Waals surface area contributed by atoms with Crippen LogP contribution in [0.25, 0.3) is 0 Å². The van der Waals surface area contributed by atoms with Gasteiger partial charge in [0.15, 0.2) is 0 Å². The first kappa shape index (κ1) is 14.3. The number of nitrogens with zero attached hydrogens (tertiary/aromatic N) is 1. The lowest BCUT2D eigenvalue weighted by Gasteiger charge is -2.07. The van der Waals surface area contributed by atoms with Crippen molar-refractivity contribution >= 4 is 5.88 Å². The van der Waals surface area contributed by atoms with E-state index in [0.29, 0.717) is 24.8 Å². The van der Waals surface area contributed by atoms with Crippen LogP contribution in [-0.2, 0) is 13.1 Å². The maximum atomic E-state index is 10.5. The minimum atomic E-state index is -0.534. The predicted molar refractivity (Wildman–Crippen MR) is 76.4 cm³/mol. The average molecular weight is 274 g/mol. The summed E-state index contributed by atoms with van der Waals surface area (Å²) in [7, 11) is 0. The van der Waals surface area contributed by atoms with Crippen molar-refractivity contribution in [3.05, 3.63) is 63.4 Å². The van der Waals surface area contributed by atoms with Crippen molar-refractivity contribution in [2.45, 2.75) is 32.9 Å². The van der Waals surface area contributed by atoms with Gasteiger partial charge >= 0.3 is 5.88 Å². The van der Waals surface area contributed by atoms with Gasteiger partial charge in [-0.05, 0) is 23.1 Å². The van der Waals surface area contributed by atoms with Crippen molar-refractivity contribution in [1.82, 2.24) is 5.32 Å². The van der Waals surface area contributed by atoms with Gasteiger partial charge in [-0.25, -0.2) is 0 Å². The zero-order valence-corrected chi connectivity index (χ0v) is 11.6. The van der Waals surface area contributed by atoms with Gasteiger partial charge in [-0.2, -0.15) is 0 Å². The van der Waals surface area contributed by atoms with Crippen molar-refractivity contribution < 1.29 is 9.34 Å². The van der Waals surface area contributed by atoms with E-state index in [2.05, 4.69) is 43.4 Å². The molecule has 20 heavy (non-hydrogen) atoms. The smallest absolute Gasteiger partial charge is 0.404 e. The van der Waals surface area contributed by atoms with Crippen LogP contribution in [0.3, 0.4) is 0 Å². The third-order valence-corrected chi connectivity index (χ3v) is 3.10. The molecule has 0 bridgehead atoms. The van der Waals surface area contributed by atoms with Gasteiger partial charge in [-0.1, -0.05) is 38.1 Å². The van der Waals surface area contributed by atoms with Gasteiger partial charge in [-0.3, -0.25) is 10.1 Å². The van der Waals surface area contributed by atoms with Crippen LogP contribution < -0.4 is 5.32 Å². The standard InChI is InChI=1S/C15H18N2O3/c1-11(2)13-5-3-12(4-6-13)9-16-10-14-7-8-15(20-14)17(18)19/h3-8,11,16H,9-10H2,1-2H3. The molecule has 0 fully saturated rings. The zero-order valence-electron chi connectivity index (χ0n) is 11.6. The van der Waals surface area contributed by atoms with Crippen LogP contribution in [0.4, 0.5) is 5.88 Å². The van der Waals surface area contributed by atoms with E-state index in [0.717, 1.165) is 0 Å². The van der Waals surface area contributed by atoms with E-state index in [9.17, 15) is 10.1 Å². The van der Waals surface area contributed by atoms with Crippen LogP contribution in [0.2, 0.25) is 0 Å². The Morgan fingerprint density at radius 3 is 2.40 bits per heavy atom. The Bertz CT molecular complexity index is 573. The first-order chi connectivity index (χ1) is 9.56. The van der Waals surface area contributed by atoms with Gasteiger partial charge in [0, 0.05) is 6.54 Å². The fourth-order valence-corrected chi connectivity index (χ4v) is 1.91. The van der Waals surface area contributed by atoms with E-state index in [1.165, 1.54) is 17.2 Å². The second kappa shape index (κ2) is 6.34. The Morgan fingerprint density at radius 2 is 1.85 bits per heavy atom. The number of hydrogen-bond acceptors (Lipinski definition) is 4. The van der Waals surface area contributed by atoms with Gasteiger partial charge in [0.1, 0.15) is 10.7 Å². The molecule has 0 aliphatic carbocycles. The number of furan rings is 1. The fraction of sp³-hybridized carbons (Fsp3) is 0.333. The van der Waals surface area contributed by atoms with Gasteiger partial charge in [0.05, 0.1) is 12.6 Å². The molecule has 106 valence electrons. The summed E-state index contributed by atoms with van der Waals surface area (Å²) in [4.78, 5) is 9.95. The highest BCUT2D eigenvalue weighted by Crippen LogP contribution is 2.16. The summed E-state index contributed by atoms with van der Waals surface area (Å²) < 4.78 is 5.07. The lowest BCUT2D eigenvalue weighted by molar-refractivity contribution is -0.402. The van der Waals surface area contributed by atoms with E-state index < -0.39 is 4.92 Å². The van der Waals surface area contributed by atoms with Crippen LogP contribution in [0.1, 0.15) is 36.7 Å². The van der Waals surface area contributed by atoms with Crippen molar-refractivity contribution in [3.63, 3.8) is 0 Å². The number of nitrogens with one attached hydrogen (secondary N) is 1. The monoisotopic (exact) mass is 274 g/mol. The van der Waals surface area contributed by atoms with E-state index >= 15 is 0 Å². The molecule has 1 aromatic carbocycles. The van der Waals surface area contributed by atoms with Crippen LogP contribution in [0.5, 0.6) is 0 Å². The van der Waals surface area contributed by atoms with Gasteiger partial charge in [-0.15, -0.1) is 0 Å². The minimum absolute atomic E-state index is 0.219. The normalized spacial score (nSPS) is 10.9. The highest BCUT2D eigenvalue weighted by atomic mass is 16.6. The Balaban J connectivity index is 1.84. The second-order valence-corrected chi connectivity index (χ2v) is 5.00. The largest absolute Gasteiger partial charge is 0.433 e. The summed E-state index contributed by atoms with van der Waals surface area (Å²) in [6, 6.07) is 11.4. The molecule has 0 aliphatic rings. The summed E-state index contributed by atoms with van der Waals surface area (Å²) in [5.74, 6) is 0.874. The molecular weight excluding hydrogens is 256 g/mol. The number of hydrogen-bond donors (Lipinski definition) is 1. The molecule has 5 nitrogen and oxygen atoms in total. The molecule has 1 aromatic heterocycles. The molecule has 0 amide bonds. The molecular formula is C15H18N2O3. The Kier molecular flexibility index (Phi) is 4.53. The molecule has 0 atom stereocenters. The average Bonchev–Trinajstić information content (AvgIpc) is 2.88. The number of rotatable bonds is 6. The van der Waals surface area contributed by atoms with Crippen LogP contribution in [0, 0.1) is 10.1 Å². The molecule has 0 unspecified atom stereocenters. The van der Waals surface area contributed by atoms with Gasteiger partial charge in [0.25, 0.3) is 0 Å². The second-order valence-electron chi connectivity index (χ2n) is 5.00. The third-order valence-electron chi connectivity index (χ3n) is 3.10. The molecule has 0 spiro atoms. The van der Waals surface area contributed by atoms with E-state index in [1.54, 1.807) is 6.07 Å².